The number of ketones is 1. The minimum absolute atomic E-state index is 0.249. The zero-order chi connectivity index (χ0) is 13.2. The van der Waals surface area contributed by atoms with Gasteiger partial charge in [0.15, 0.2) is 5.78 Å². The number of rotatable bonds is 5. The number of hydrogen-bond donors (Lipinski definition) is 0. The first kappa shape index (κ1) is 13.3. The summed E-state index contributed by atoms with van der Waals surface area (Å²) in [6.07, 6.45) is 7.52. The molecule has 0 atom stereocenters. The minimum atomic E-state index is 0.249. The smallest absolute Gasteiger partial charge is 0.178 e. The SMILES string of the molecule is CCC1(CC)CCN(CC(=O)c2ccn(C)c2)C1. The Morgan fingerprint density at radius 3 is 2.61 bits per heavy atom. The van der Waals surface area contributed by atoms with Crippen LogP contribution in [0.5, 0.6) is 0 Å². The highest BCUT2D eigenvalue weighted by Crippen LogP contribution is 2.36. The van der Waals surface area contributed by atoms with Crippen molar-refractivity contribution in [2.24, 2.45) is 12.5 Å². The van der Waals surface area contributed by atoms with Crippen LogP contribution in [-0.4, -0.2) is 34.9 Å². The summed E-state index contributed by atoms with van der Waals surface area (Å²) in [5.74, 6) is 0.249. The maximum Gasteiger partial charge on any atom is 0.178 e. The molecule has 0 N–H and O–H groups in total. The summed E-state index contributed by atoms with van der Waals surface area (Å²) in [7, 11) is 1.95. The second-order valence-corrected chi connectivity index (χ2v) is 5.66. The van der Waals surface area contributed by atoms with Crippen molar-refractivity contribution < 1.29 is 4.79 Å². The molecule has 1 saturated heterocycles. The van der Waals surface area contributed by atoms with Crippen LogP contribution in [0.3, 0.4) is 0 Å². The average Bonchev–Trinajstić information content (AvgIpc) is 2.96. The van der Waals surface area contributed by atoms with Crippen molar-refractivity contribution in [3.8, 4) is 0 Å². The summed E-state index contributed by atoms with van der Waals surface area (Å²) < 4.78 is 1.93. The molecule has 18 heavy (non-hydrogen) atoms. The van der Waals surface area contributed by atoms with E-state index in [0.29, 0.717) is 12.0 Å². The molecule has 2 rings (SSSR count). The molecule has 0 bridgehead atoms. The lowest BCUT2D eigenvalue weighted by Gasteiger charge is -2.26. The minimum Gasteiger partial charge on any atom is -0.357 e. The second-order valence-electron chi connectivity index (χ2n) is 5.66. The Balaban J connectivity index is 1.94. The first-order chi connectivity index (χ1) is 8.58. The second kappa shape index (κ2) is 5.27. The van der Waals surface area contributed by atoms with Crippen molar-refractivity contribution in [3.05, 3.63) is 24.0 Å². The summed E-state index contributed by atoms with van der Waals surface area (Å²) in [6, 6.07) is 1.91. The Labute approximate surface area is 110 Å². The van der Waals surface area contributed by atoms with Gasteiger partial charge < -0.3 is 4.57 Å². The first-order valence-corrected chi connectivity index (χ1v) is 6.96. The number of carbonyl (C=O) groups excluding carboxylic acids is 1. The number of aryl methyl sites for hydroxylation is 1. The highest BCUT2D eigenvalue weighted by Gasteiger charge is 2.35. The van der Waals surface area contributed by atoms with E-state index in [1.807, 2.05) is 30.1 Å². The summed E-state index contributed by atoms with van der Waals surface area (Å²) in [4.78, 5) is 14.5. The van der Waals surface area contributed by atoms with Crippen molar-refractivity contribution in [3.63, 3.8) is 0 Å². The predicted octanol–water partition coefficient (Wildman–Crippen LogP) is 2.72. The number of Topliss-reactive ketones (excluding diaryl/α,β-unsaturated/α-hetero) is 1. The fraction of sp³-hybridized carbons (Fsp3) is 0.667. The van der Waals surface area contributed by atoms with E-state index >= 15 is 0 Å². The first-order valence-electron chi connectivity index (χ1n) is 6.96. The number of likely N-dealkylation sites (tertiary alicyclic amines) is 1. The standard InChI is InChI=1S/C15H24N2O/c1-4-15(5-2)7-9-17(12-15)11-14(18)13-6-8-16(3)10-13/h6,8,10H,4-5,7,9,11-12H2,1-3H3. The van der Waals surface area contributed by atoms with Gasteiger partial charge in [-0.2, -0.15) is 0 Å². The van der Waals surface area contributed by atoms with Gasteiger partial charge in [-0.3, -0.25) is 9.69 Å². The van der Waals surface area contributed by atoms with E-state index in [1.54, 1.807) is 0 Å². The molecule has 2 heterocycles. The molecule has 0 unspecified atom stereocenters. The average molecular weight is 248 g/mol. The molecule has 0 aromatic carbocycles. The topological polar surface area (TPSA) is 25.2 Å². The molecule has 3 heteroatoms. The number of nitrogens with zero attached hydrogens (tertiary/aromatic N) is 2. The van der Waals surface area contributed by atoms with Gasteiger partial charge in [-0.05, 0) is 37.3 Å². The van der Waals surface area contributed by atoms with E-state index in [0.717, 1.165) is 18.7 Å². The van der Waals surface area contributed by atoms with Crippen LogP contribution in [0.1, 0.15) is 43.5 Å². The third kappa shape index (κ3) is 2.66. The maximum absolute atomic E-state index is 12.1. The van der Waals surface area contributed by atoms with Gasteiger partial charge in [0, 0.05) is 31.5 Å². The van der Waals surface area contributed by atoms with Gasteiger partial charge in [0.05, 0.1) is 6.54 Å². The summed E-state index contributed by atoms with van der Waals surface area (Å²) in [6.45, 7) is 7.27. The molecule has 1 aromatic heterocycles. The van der Waals surface area contributed by atoms with Gasteiger partial charge in [-0.15, -0.1) is 0 Å². The molecule has 0 radical (unpaired) electrons. The van der Waals surface area contributed by atoms with E-state index in [9.17, 15) is 4.79 Å². The molecule has 1 aliphatic rings. The largest absolute Gasteiger partial charge is 0.357 e. The molecule has 3 nitrogen and oxygen atoms in total. The quantitative estimate of drug-likeness (QED) is 0.749. The highest BCUT2D eigenvalue weighted by molar-refractivity contribution is 5.97. The summed E-state index contributed by atoms with van der Waals surface area (Å²) >= 11 is 0. The lowest BCUT2D eigenvalue weighted by Crippen LogP contribution is -2.30. The maximum atomic E-state index is 12.1. The molecule has 100 valence electrons. The lowest BCUT2D eigenvalue weighted by atomic mass is 9.82. The number of aromatic nitrogens is 1. The lowest BCUT2D eigenvalue weighted by molar-refractivity contribution is 0.0936. The van der Waals surface area contributed by atoms with Crippen molar-refractivity contribution in [1.29, 1.82) is 0 Å². The molecular formula is C15H24N2O. The molecule has 0 spiro atoms. The van der Waals surface area contributed by atoms with Crippen LogP contribution in [0.25, 0.3) is 0 Å². The van der Waals surface area contributed by atoms with Crippen molar-refractivity contribution in [2.45, 2.75) is 33.1 Å². The van der Waals surface area contributed by atoms with Gasteiger partial charge in [-0.25, -0.2) is 0 Å². The summed E-state index contributed by atoms with van der Waals surface area (Å²) in [5, 5.41) is 0. The van der Waals surface area contributed by atoms with Crippen molar-refractivity contribution in [1.82, 2.24) is 9.47 Å². The van der Waals surface area contributed by atoms with Gasteiger partial charge in [0.25, 0.3) is 0 Å². The van der Waals surface area contributed by atoms with Crippen LogP contribution < -0.4 is 0 Å². The van der Waals surface area contributed by atoms with Crippen LogP contribution in [-0.2, 0) is 7.05 Å². The molecule has 1 aliphatic heterocycles. The van der Waals surface area contributed by atoms with Crippen LogP contribution in [0, 0.1) is 5.41 Å². The van der Waals surface area contributed by atoms with E-state index in [4.69, 9.17) is 0 Å². The van der Waals surface area contributed by atoms with Crippen molar-refractivity contribution >= 4 is 5.78 Å². The van der Waals surface area contributed by atoms with Crippen LogP contribution >= 0.6 is 0 Å². The molecule has 0 aliphatic carbocycles. The number of hydrogen-bond acceptors (Lipinski definition) is 2. The van der Waals surface area contributed by atoms with Crippen molar-refractivity contribution in [2.75, 3.05) is 19.6 Å². The molecule has 0 amide bonds. The monoisotopic (exact) mass is 248 g/mol. The third-order valence-corrected chi connectivity index (χ3v) is 4.54. The van der Waals surface area contributed by atoms with E-state index < -0.39 is 0 Å². The van der Waals surface area contributed by atoms with Gasteiger partial charge in [0.1, 0.15) is 0 Å². The highest BCUT2D eigenvalue weighted by atomic mass is 16.1. The van der Waals surface area contributed by atoms with E-state index in [-0.39, 0.29) is 5.78 Å². The Hall–Kier alpha value is -1.09. The molecule has 1 aromatic rings. The van der Waals surface area contributed by atoms with Gasteiger partial charge in [-0.1, -0.05) is 13.8 Å². The molecule has 1 fully saturated rings. The predicted molar refractivity (Wildman–Crippen MR) is 73.8 cm³/mol. The Kier molecular flexibility index (Phi) is 3.91. The normalized spacial score (nSPS) is 19.3. The fourth-order valence-electron chi connectivity index (χ4n) is 2.95. The molecule has 0 saturated carbocycles. The Morgan fingerprint density at radius 1 is 1.39 bits per heavy atom. The third-order valence-electron chi connectivity index (χ3n) is 4.54. The van der Waals surface area contributed by atoms with Crippen LogP contribution in [0.15, 0.2) is 18.5 Å². The fourth-order valence-corrected chi connectivity index (χ4v) is 2.95. The summed E-state index contributed by atoms with van der Waals surface area (Å²) in [5.41, 5.74) is 1.29. The van der Waals surface area contributed by atoms with Crippen LogP contribution in [0.2, 0.25) is 0 Å². The van der Waals surface area contributed by atoms with Gasteiger partial charge >= 0.3 is 0 Å². The molecular weight excluding hydrogens is 224 g/mol. The van der Waals surface area contributed by atoms with Gasteiger partial charge in [0.2, 0.25) is 0 Å². The van der Waals surface area contributed by atoms with E-state index in [1.165, 1.54) is 19.3 Å². The Morgan fingerprint density at radius 2 is 2.11 bits per heavy atom. The zero-order valence-corrected chi connectivity index (χ0v) is 11.8. The zero-order valence-electron chi connectivity index (χ0n) is 11.8. The number of carbonyl (C=O) groups is 1. The van der Waals surface area contributed by atoms with E-state index in [2.05, 4.69) is 18.7 Å². The van der Waals surface area contributed by atoms with Crippen LogP contribution in [0.4, 0.5) is 0 Å². The Bertz CT molecular complexity index is 418.